The average molecular weight is 563 g/mol. The van der Waals surface area contributed by atoms with Crippen LogP contribution in [0.25, 0.3) is 10.9 Å². The minimum Gasteiger partial charge on any atom is -0.497 e. The maximum absolute atomic E-state index is 15.4. The first-order valence-corrected chi connectivity index (χ1v) is 13.5. The summed E-state index contributed by atoms with van der Waals surface area (Å²) in [5.74, 6) is 1.67. The Morgan fingerprint density at radius 1 is 0.825 bits per heavy atom. The monoisotopic (exact) mass is 562 g/mol. The van der Waals surface area contributed by atoms with Crippen LogP contribution in [0, 0.1) is 5.82 Å². The number of nitrogens with zero attached hydrogens (tertiary/aromatic N) is 2. The highest BCUT2D eigenvalue weighted by Gasteiger charge is 2.51. The molecule has 0 saturated carbocycles. The summed E-state index contributed by atoms with van der Waals surface area (Å²) in [6.07, 6.45) is 0. The number of ether oxygens (including phenoxy) is 2. The van der Waals surface area contributed by atoms with Crippen molar-refractivity contribution in [2.45, 2.75) is 52.0 Å². The van der Waals surface area contributed by atoms with Crippen molar-refractivity contribution >= 4 is 40.9 Å². The Morgan fingerprint density at radius 2 is 1.32 bits per heavy atom. The molecule has 40 heavy (non-hydrogen) atoms. The SMILES string of the molecule is COc1ccc(CN(Cc2ccc(OC)cc2)c2nc3cc(B4OC(C)(C)C(C)(C)O4)cc(F)c3cc2Cl)cc1. The maximum atomic E-state index is 15.4. The molecule has 1 aromatic heterocycles. The lowest BCUT2D eigenvalue weighted by Crippen LogP contribution is -2.41. The fraction of sp³-hybridized carbons (Fsp3) is 0.323. The minimum absolute atomic E-state index is 0.336. The smallest absolute Gasteiger partial charge is 0.495 e. The third-order valence-corrected chi connectivity index (χ3v) is 8.01. The molecule has 3 aromatic carbocycles. The predicted octanol–water partition coefficient (Wildman–Crippen LogP) is 6.55. The average Bonchev–Trinajstić information content (AvgIpc) is 3.15. The fourth-order valence-corrected chi connectivity index (χ4v) is 4.93. The molecule has 0 N–H and O–H groups in total. The van der Waals surface area contributed by atoms with Gasteiger partial charge in [-0.25, -0.2) is 9.37 Å². The van der Waals surface area contributed by atoms with Gasteiger partial charge in [0.1, 0.15) is 23.1 Å². The van der Waals surface area contributed by atoms with Crippen molar-refractivity contribution in [1.29, 1.82) is 0 Å². The van der Waals surface area contributed by atoms with E-state index in [2.05, 4.69) is 4.90 Å². The van der Waals surface area contributed by atoms with Crippen LogP contribution in [-0.2, 0) is 22.4 Å². The molecule has 1 saturated heterocycles. The second kappa shape index (κ2) is 10.9. The van der Waals surface area contributed by atoms with E-state index in [-0.39, 0.29) is 0 Å². The topological polar surface area (TPSA) is 53.1 Å². The highest BCUT2D eigenvalue weighted by atomic mass is 35.5. The molecular weight excluding hydrogens is 530 g/mol. The fourth-order valence-electron chi connectivity index (χ4n) is 4.66. The predicted molar refractivity (Wildman–Crippen MR) is 158 cm³/mol. The zero-order valence-corrected chi connectivity index (χ0v) is 24.4. The number of hydrogen-bond acceptors (Lipinski definition) is 6. The Labute approximate surface area is 240 Å². The zero-order chi connectivity index (χ0) is 28.7. The third-order valence-electron chi connectivity index (χ3n) is 7.73. The lowest BCUT2D eigenvalue weighted by Gasteiger charge is -2.32. The number of benzene rings is 3. The van der Waals surface area contributed by atoms with E-state index in [1.54, 1.807) is 20.3 Å². The van der Waals surface area contributed by atoms with Gasteiger partial charge < -0.3 is 23.7 Å². The first kappa shape index (κ1) is 28.2. The van der Waals surface area contributed by atoms with Gasteiger partial charge >= 0.3 is 7.12 Å². The Morgan fingerprint density at radius 3 is 1.80 bits per heavy atom. The van der Waals surface area contributed by atoms with Crippen LogP contribution < -0.4 is 19.8 Å². The van der Waals surface area contributed by atoms with Crippen molar-refractivity contribution < 1.29 is 23.2 Å². The summed E-state index contributed by atoms with van der Waals surface area (Å²) in [5, 5.41) is 0.694. The van der Waals surface area contributed by atoms with E-state index in [4.69, 9.17) is 35.4 Å². The number of pyridine rings is 1. The van der Waals surface area contributed by atoms with Gasteiger partial charge in [-0.3, -0.25) is 0 Å². The number of methoxy groups -OCH3 is 2. The summed E-state index contributed by atoms with van der Waals surface area (Å²) in [6, 6.07) is 20.6. The van der Waals surface area contributed by atoms with Gasteiger partial charge in [0.15, 0.2) is 0 Å². The minimum atomic E-state index is -0.709. The van der Waals surface area contributed by atoms with Gasteiger partial charge in [-0.2, -0.15) is 0 Å². The first-order chi connectivity index (χ1) is 19.0. The van der Waals surface area contributed by atoms with Crippen molar-refractivity contribution in [3.8, 4) is 11.5 Å². The van der Waals surface area contributed by atoms with E-state index >= 15 is 4.39 Å². The Balaban J connectivity index is 1.55. The largest absolute Gasteiger partial charge is 0.497 e. The van der Waals surface area contributed by atoms with Gasteiger partial charge in [0, 0.05) is 18.5 Å². The van der Waals surface area contributed by atoms with Crippen LogP contribution in [0.15, 0.2) is 66.7 Å². The van der Waals surface area contributed by atoms with Crippen molar-refractivity contribution in [2.75, 3.05) is 19.1 Å². The second-order valence-electron chi connectivity index (χ2n) is 11.0. The van der Waals surface area contributed by atoms with E-state index < -0.39 is 24.1 Å². The number of hydrogen-bond donors (Lipinski definition) is 0. The third kappa shape index (κ3) is 5.62. The molecular formula is C31H33BClFN2O4. The Kier molecular flexibility index (Phi) is 7.70. The van der Waals surface area contributed by atoms with Gasteiger partial charge in [0.25, 0.3) is 0 Å². The Bertz CT molecular complexity index is 1450. The van der Waals surface area contributed by atoms with Crippen LogP contribution in [0.1, 0.15) is 38.8 Å². The molecule has 9 heteroatoms. The van der Waals surface area contributed by atoms with Crippen LogP contribution in [0.3, 0.4) is 0 Å². The summed E-state index contributed by atoms with van der Waals surface area (Å²) < 4.78 is 38.4. The molecule has 1 fully saturated rings. The summed E-state index contributed by atoms with van der Waals surface area (Å²) in [6.45, 7) is 8.92. The molecule has 2 heterocycles. The summed E-state index contributed by atoms with van der Waals surface area (Å²) in [5.41, 5.74) is 2.04. The molecule has 0 unspecified atom stereocenters. The number of halogens is 2. The number of rotatable bonds is 8. The summed E-state index contributed by atoms with van der Waals surface area (Å²) >= 11 is 6.78. The summed E-state index contributed by atoms with van der Waals surface area (Å²) in [4.78, 5) is 6.97. The van der Waals surface area contributed by atoms with Gasteiger partial charge in [0.05, 0.1) is 36.0 Å². The van der Waals surface area contributed by atoms with Crippen molar-refractivity contribution in [1.82, 2.24) is 4.98 Å². The van der Waals surface area contributed by atoms with Crippen molar-refractivity contribution in [2.24, 2.45) is 0 Å². The van der Waals surface area contributed by atoms with Crippen LogP contribution in [0.4, 0.5) is 10.2 Å². The van der Waals surface area contributed by atoms with Gasteiger partial charge in [-0.05, 0) is 86.7 Å². The van der Waals surface area contributed by atoms with E-state index in [9.17, 15) is 0 Å². The van der Waals surface area contributed by atoms with Gasteiger partial charge in [-0.1, -0.05) is 35.9 Å². The molecule has 1 aliphatic rings. The molecule has 0 spiro atoms. The van der Waals surface area contributed by atoms with E-state index in [1.165, 1.54) is 6.07 Å². The highest BCUT2D eigenvalue weighted by Crippen LogP contribution is 2.37. The van der Waals surface area contributed by atoms with Crippen LogP contribution in [0.5, 0.6) is 11.5 Å². The van der Waals surface area contributed by atoms with E-state index in [0.29, 0.717) is 40.3 Å². The molecule has 0 atom stereocenters. The summed E-state index contributed by atoms with van der Waals surface area (Å²) in [7, 11) is 2.57. The number of aromatic nitrogens is 1. The lowest BCUT2D eigenvalue weighted by atomic mass is 9.78. The van der Waals surface area contributed by atoms with Crippen LogP contribution in [0.2, 0.25) is 5.02 Å². The normalized spacial score (nSPS) is 15.8. The molecule has 0 bridgehead atoms. The molecule has 0 radical (unpaired) electrons. The Hall–Kier alpha value is -3.33. The molecule has 1 aliphatic heterocycles. The van der Waals surface area contributed by atoms with E-state index in [1.807, 2.05) is 82.3 Å². The van der Waals surface area contributed by atoms with Crippen molar-refractivity contribution in [3.05, 3.63) is 88.7 Å². The van der Waals surface area contributed by atoms with Gasteiger partial charge in [0.2, 0.25) is 0 Å². The number of fused-ring (bicyclic) bond motifs is 1. The van der Waals surface area contributed by atoms with Gasteiger partial charge in [-0.15, -0.1) is 0 Å². The zero-order valence-electron chi connectivity index (χ0n) is 23.6. The quantitative estimate of drug-likeness (QED) is 0.227. The molecule has 208 valence electrons. The van der Waals surface area contributed by atoms with E-state index in [0.717, 1.165) is 22.6 Å². The molecule has 5 rings (SSSR count). The lowest BCUT2D eigenvalue weighted by molar-refractivity contribution is 0.00578. The standard InChI is InChI=1S/C31H33BClFN2O4/c1-30(2)31(3,4)40-32(39-30)22-15-27(34)25-17-26(33)29(35-28(25)16-22)36(18-20-7-11-23(37-5)12-8-20)19-21-9-13-24(38-6)14-10-21/h7-17H,18-19H2,1-6H3. The highest BCUT2D eigenvalue weighted by molar-refractivity contribution is 6.62. The number of anilines is 1. The maximum Gasteiger partial charge on any atom is 0.495 e. The van der Waals surface area contributed by atoms with Crippen LogP contribution in [-0.4, -0.2) is 37.5 Å². The molecule has 6 nitrogen and oxygen atoms in total. The molecule has 0 aliphatic carbocycles. The first-order valence-electron chi connectivity index (χ1n) is 13.2. The second-order valence-corrected chi connectivity index (χ2v) is 11.4. The van der Waals surface area contributed by atoms with Crippen molar-refractivity contribution in [3.63, 3.8) is 0 Å². The molecule has 4 aromatic rings. The van der Waals surface area contributed by atoms with Crippen LogP contribution >= 0.6 is 11.6 Å². The molecule has 0 amide bonds.